The number of alkyl halides is 3. The number of morpholine rings is 1. The van der Waals surface area contributed by atoms with Crippen molar-refractivity contribution in [3.8, 4) is 0 Å². The summed E-state index contributed by atoms with van der Waals surface area (Å²) >= 11 is 0. The quantitative estimate of drug-likeness (QED) is 0.550. The van der Waals surface area contributed by atoms with Crippen LogP contribution in [0.15, 0.2) is 18.2 Å². The fourth-order valence-electron chi connectivity index (χ4n) is 6.01. The first-order valence-electron chi connectivity index (χ1n) is 13.2. The van der Waals surface area contributed by atoms with Gasteiger partial charge in [-0.1, -0.05) is 6.07 Å². The Bertz CT molecular complexity index is 1210. The summed E-state index contributed by atoms with van der Waals surface area (Å²) < 4.78 is 60.5. The average Bonchev–Trinajstić information content (AvgIpc) is 3.46. The SMILES string of the molecule is C[C@@H]1CN(C(=O)c2nn(CC(=O)N3CCC(c4ccc(C(F)(F)F)cc4F)CC3)c3c2CCC3)C[C@H](C)O1. The predicted molar refractivity (Wildman–Crippen MR) is 130 cm³/mol. The van der Waals surface area contributed by atoms with Crippen molar-refractivity contribution in [3.63, 3.8) is 0 Å². The molecule has 11 heteroatoms. The number of rotatable bonds is 4. The van der Waals surface area contributed by atoms with Gasteiger partial charge in [0.05, 0.1) is 17.8 Å². The van der Waals surface area contributed by atoms with Gasteiger partial charge in [-0.05, 0) is 69.6 Å². The molecule has 206 valence electrons. The molecule has 0 saturated carbocycles. The number of benzene rings is 1. The maximum atomic E-state index is 14.5. The molecule has 0 N–H and O–H groups in total. The molecule has 1 aromatic carbocycles. The Morgan fingerprint density at radius 2 is 1.74 bits per heavy atom. The van der Waals surface area contributed by atoms with E-state index in [0.29, 0.717) is 50.8 Å². The van der Waals surface area contributed by atoms with E-state index in [1.807, 2.05) is 13.8 Å². The van der Waals surface area contributed by atoms with Crippen molar-refractivity contribution in [2.75, 3.05) is 26.2 Å². The highest BCUT2D eigenvalue weighted by molar-refractivity contribution is 5.94. The van der Waals surface area contributed by atoms with Crippen LogP contribution in [0, 0.1) is 5.82 Å². The molecule has 3 heterocycles. The Balaban J connectivity index is 1.24. The summed E-state index contributed by atoms with van der Waals surface area (Å²) in [6.45, 7) is 5.65. The molecule has 2 aromatic rings. The van der Waals surface area contributed by atoms with Crippen LogP contribution in [-0.2, 0) is 35.1 Å². The molecule has 38 heavy (non-hydrogen) atoms. The number of hydrogen-bond donors (Lipinski definition) is 0. The fourth-order valence-corrected chi connectivity index (χ4v) is 6.01. The van der Waals surface area contributed by atoms with Crippen molar-refractivity contribution in [2.45, 2.75) is 76.8 Å². The van der Waals surface area contributed by atoms with E-state index in [1.54, 1.807) is 14.5 Å². The third-order valence-electron chi connectivity index (χ3n) is 7.82. The van der Waals surface area contributed by atoms with Crippen molar-refractivity contribution in [3.05, 3.63) is 52.1 Å². The number of piperidine rings is 1. The number of amides is 2. The van der Waals surface area contributed by atoms with Crippen molar-refractivity contribution in [2.24, 2.45) is 0 Å². The van der Waals surface area contributed by atoms with E-state index in [-0.39, 0.29) is 42.0 Å². The highest BCUT2D eigenvalue weighted by atomic mass is 19.4. The van der Waals surface area contributed by atoms with Crippen LogP contribution < -0.4 is 0 Å². The molecule has 2 amide bonds. The molecular weight excluding hydrogens is 504 g/mol. The van der Waals surface area contributed by atoms with E-state index >= 15 is 0 Å². The molecule has 1 aliphatic carbocycles. The Hall–Kier alpha value is -2.95. The Kier molecular flexibility index (Phi) is 7.23. The maximum absolute atomic E-state index is 14.5. The van der Waals surface area contributed by atoms with Crippen molar-refractivity contribution in [1.82, 2.24) is 19.6 Å². The first-order chi connectivity index (χ1) is 18.0. The van der Waals surface area contributed by atoms with Crippen LogP contribution in [0.4, 0.5) is 17.6 Å². The molecule has 2 atom stereocenters. The standard InChI is InChI=1S/C27H32F4N4O3/c1-16-13-34(14-17(2)38-16)26(37)25-21-4-3-5-23(21)35(32-25)15-24(36)33-10-8-18(9-11-33)20-7-6-19(12-22(20)28)27(29,30)31/h6-7,12,16-18H,3-5,8-11,13-15H2,1-2H3/t16-,17+. The molecule has 0 unspecified atom stereocenters. The van der Waals surface area contributed by atoms with Gasteiger partial charge >= 0.3 is 6.18 Å². The van der Waals surface area contributed by atoms with Crippen LogP contribution in [0.5, 0.6) is 0 Å². The number of carbonyl (C=O) groups excluding carboxylic acids is 2. The lowest BCUT2D eigenvalue weighted by molar-refractivity contribution is -0.138. The number of likely N-dealkylation sites (tertiary alicyclic amines) is 1. The molecule has 0 spiro atoms. The Labute approximate surface area is 218 Å². The third kappa shape index (κ3) is 5.30. The highest BCUT2D eigenvalue weighted by Crippen LogP contribution is 2.35. The van der Waals surface area contributed by atoms with Gasteiger partial charge in [-0.15, -0.1) is 0 Å². The smallest absolute Gasteiger partial charge is 0.372 e. The molecule has 3 aliphatic rings. The zero-order valence-corrected chi connectivity index (χ0v) is 21.6. The minimum absolute atomic E-state index is 0.0187. The molecule has 5 rings (SSSR count). The lowest BCUT2D eigenvalue weighted by atomic mass is 9.88. The second kappa shape index (κ2) is 10.3. The normalized spacial score (nSPS) is 22.6. The van der Waals surface area contributed by atoms with Gasteiger partial charge in [-0.2, -0.15) is 18.3 Å². The van der Waals surface area contributed by atoms with E-state index in [9.17, 15) is 27.2 Å². The highest BCUT2D eigenvalue weighted by Gasteiger charge is 2.35. The van der Waals surface area contributed by atoms with E-state index in [2.05, 4.69) is 5.10 Å². The van der Waals surface area contributed by atoms with Crippen LogP contribution in [0.2, 0.25) is 0 Å². The number of fused-ring (bicyclic) bond motifs is 1. The van der Waals surface area contributed by atoms with Crippen LogP contribution in [0.1, 0.15) is 71.9 Å². The summed E-state index contributed by atoms with van der Waals surface area (Å²) in [5.41, 5.74) is 1.52. The van der Waals surface area contributed by atoms with Crippen molar-refractivity contribution < 1.29 is 31.9 Å². The summed E-state index contributed by atoms with van der Waals surface area (Å²) in [5, 5.41) is 4.59. The molecule has 2 fully saturated rings. The zero-order chi connectivity index (χ0) is 27.2. The average molecular weight is 537 g/mol. The van der Waals surface area contributed by atoms with Crippen LogP contribution in [-0.4, -0.2) is 69.8 Å². The molecule has 0 radical (unpaired) electrons. The van der Waals surface area contributed by atoms with E-state index < -0.39 is 17.6 Å². The summed E-state index contributed by atoms with van der Waals surface area (Å²) in [6, 6.07) is 2.66. The second-order valence-electron chi connectivity index (χ2n) is 10.6. The molecule has 0 bridgehead atoms. The molecule has 1 aromatic heterocycles. The van der Waals surface area contributed by atoms with Crippen molar-refractivity contribution in [1.29, 1.82) is 0 Å². The molecule has 7 nitrogen and oxygen atoms in total. The first-order valence-corrected chi connectivity index (χ1v) is 13.2. The van der Waals surface area contributed by atoms with E-state index in [1.165, 1.54) is 6.07 Å². The number of ether oxygens (including phenoxy) is 1. The Morgan fingerprint density at radius 1 is 1.05 bits per heavy atom. The maximum Gasteiger partial charge on any atom is 0.416 e. The topological polar surface area (TPSA) is 67.7 Å². The van der Waals surface area contributed by atoms with Gasteiger partial charge in [0.25, 0.3) is 5.91 Å². The van der Waals surface area contributed by atoms with Gasteiger partial charge in [0, 0.05) is 37.4 Å². The van der Waals surface area contributed by atoms with Gasteiger partial charge in [-0.3, -0.25) is 14.3 Å². The lowest BCUT2D eigenvalue weighted by Gasteiger charge is -2.35. The summed E-state index contributed by atoms with van der Waals surface area (Å²) in [4.78, 5) is 29.9. The minimum atomic E-state index is -4.59. The zero-order valence-electron chi connectivity index (χ0n) is 21.6. The monoisotopic (exact) mass is 536 g/mol. The number of aromatic nitrogens is 2. The van der Waals surface area contributed by atoms with E-state index in [0.717, 1.165) is 36.6 Å². The van der Waals surface area contributed by atoms with E-state index in [4.69, 9.17) is 4.74 Å². The third-order valence-corrected chi connectivity index (χ3v) is 7.82. The summed E-state index contributed by atoms with van der Waals surface area (Å²) in [5.74, 6) is -1.38. The van der Waals surface area contributed by atoms with Gasteiger partial charge in [0.15, 0.2) is 5.69 Å². The van der Waals surface area contributed by atoms with Crippen LogP contribution in [0.25, 0.3) is 0 Å². The fraction of sp³-hybridized carbons (Fsp3) is 0.593. The second-order valence-corrected chi connectivity index (χ2v) is 10.6. The predicted octanol–water partition coefficient (Wildman–Crippen LogP) is 4.19. The van der Waals surface area contributed by atoms with Crippen molar-refractivity contribution >= 4 is 11.8 Å². The Morgan fingerprint density at radius 3 is 2.37 bits per heavy atom. The molecular formula is C27H32F4N4O3. The lowest BCUT2D eigenvalue weighted by Crippen LogP contribution is -2.48. The largest absolute Gasteiger partial charge is 0.416 e. The minimum Gasteiger partial charge on any atom is -0.372 e. The van der Waals surface area contributed by atoms with Crippen LogP contribution in [0.3, 0.4) is 0 Å². The van der Waals surface area contributed by atoms with Gasteiger partial charge < -0.3 is 14.5 Å². The van der Waals surface area contributed by atoms with Gasteiger partial charge in [0.2, 0.25) is 5.91 Å². The first kappa shape index (κ1) is 26.6. The number of halogens is 4. The van der Waals surface area contributed by atoms with Gasteiger partial charge in [-0.25, -0.2) is 4.39 Å². The summed E-state index contributed by atoms with van der Waals surface area (Å²) in [6.07, 6.45) is -1.37. The molecule has 2 aliphatic heterocycles. The summed E-state index contributed by atoms with van der Waals surface area (Å²) in [7, 11) is 0. The van der Waals surface area contributed by atoms with Gasteiger partial charge in [0.1, 0.15) is 12.4 Å². The van der Waals surface area contributed by atoms with Crippen LogP contribution >= 0.6 is 0 Å². The number of carbonyl (C=O) groups is 2. The number of nitrogens with zero attached hydrogens (tertiary/aromatic N) is 4. The number of hydrogen-bond acceptors (Lipinski definition) is 4. The molecule has 2 saturated heterocycles.